The van der Waals surface area contributed by atoms with Crippen molar-refractivity contribution in [1.29, 1.82) is 0 Å². The van der Waals surface area contributed by atoms with Crippen molar-refractivity contribution < 1.29 is 4.79 Å². The maximum Gasteiger partial charge on any atom is 0.254 e. The van der Waals surface area contributed by atoms with Gasteiger partial charge in [0.25, 0.3) is 5.91 Å². The Hall–Kier alpha value is -3.53. The van der Waals surface area contributed by atoms with E-state index in [2.05, 4.69) is 30.7 Å². The van der Waals surface area contributed by atoms with E-state index < -0.39 is 5.91 Å². The van der Waals surface area contributed by atoms with E-state index in [9.17, 15) is 4.79 Å². The minimum atomic E-state index is -0.604. The number of benzene rings is 1. The molecule has 150 valence electrons. The molecule has 0 unspecified atom stereocenters. The predicted molar refractivity (Wildman–Crippen MR) is 109 cm³/mol. The third-order valence-corrected chi connectivity index (χ3v) is 5.00. The first kappa shape index (κ1) is 18.8. The highest BCUT2D eigenvalue weighted by atomic mass is 16.1. The molecule has 0 aliphatic heterocycles. The lowest BCUT2D eigenvalue weighted by atomic mass is 9.91. The SMILES string of the molecule is NC(=O)c1cnc(N[C@@H]2CCCC[C@@H]2N)nc1Nc1ccc(-n2cncn2)cc1. The monoisotopic (exact) mass is 393 g/mol. The van der Waals surface area contributed by atoms with Crippen LogP contribution >= 0.6 is 0 Å². The van der Waals surface area contributed by atoms with Crippen LogP contribution < -0.4 is 22.1 Å². The van der Waals surface area contributed by atoms with Gasteiger partial charge in [-0.1, -0.05) is 12.8 Å². The summed E-state index contributed by atoms with van der Waals surface area (Å²) in [5.74, 6) is 0.152. The molecule has 1 amide bonds. The number of hydrogen-bond acceptors (Lipinski definition) is 8. The Labute approximate surface area is 167 Å². The van der Waals surface area contributed by atoms with Crippen LogP contribution in [0.15, 0.2) is 43.1 Å². The van der Waals surface area contributed by atoms with Crippen molar-refractivity contribution in [3.63, 3.8) is 0 Å². The largest absolute Gasteiger partial charge is 0.365 e. The zero-order chi connectivity index (χ0) is 20.2. The van der Waals surface area contributed by atoms with Gasteiger partial charge in [-0.25, -0.2) is 14.6 Å². The van der Waals surface area contributed by atoms with Gasteiger partial charge in [0.2, 0.25) is 5.95 Å². The zero-order valence-electron chi connectivity index (χ0n) is 15.8. The van der Waals surface area contributed by atoms with E-state index >= 15 is 0 Å². The van der Waals surface area contributed by atoms with Gasteiger partial charge in [0, 0.05) is 24.0 Å². The molecule has 2 aromatic heterocycles. The van der Waals surface area contributed by atoms with Gasteiger partial charge in [0.15, 0.2) is 0 Å². The summed E-state index contributed by atoms with van der Waals surface area (Å²) >= 11 is 0. The van der Waals surface area contributed by atoms with Crippen molar-refractivity contribution in [3.8, 4) is 5.69 Å². The van der Waals surface area contributed by atoms with Crippen molar-refractivity contribution >= 4 is 23.4 Å². The molecule has 0 spiro atoms. The van der Waals surface area contributed by atoms with Crippen LogP contribution in [0.25, 0.3) is 5.69 Å². The second-order valence-electron chi connectivity index (χ2n) is 7.03. The first-order valence-corrected chi connectivity index (χ1v) is 9.51. The van der Waals surface area contributed by atoms with E-state index in [1.807, 2.05) is 24.3 Å². The molecule has 0 saturated heterocycles. The fourth-order valence-electron chi connectivity index (χ4n) is 3.41. The van der Waals surface area contributed by atoms with Crippen LogP contribution in [0, 0.1) is 0 Å². The van der Waals surface area contributed by atoms with Gasteiger partial charge in [-0.3, -0.25) is 4.79 Å². The highest BCUT2D eigenvalue weighted by Gasteiger charge is 2.23. The molecule has 2 atom stereocenters. The summed E-state index contributed by atoms with van der Waals surface area (Å²) in [7, 11) is 0. The summed E-state index contributed by atoms with van der Waals surface area (Å²) in [6.45, 7) is 0. The highest BCUT2D eigenvalue weighted by molar-refractivity contribution is 5.98. The van der Waals surface area contributed by atoms with Gasteiger partial charge in [-0.2, -0.15) is 10.1 Å². The van der Waals surface area contributed by atoms with Crippen molar-refractivity contribution in [2.75, 3.05) is 10.6 Å². The topological polar surface area (TPSA) is 150 Å². The number of primary amides is 1. The van der Waals surface area contributed by atoms with Crippen LogP contribution in [0.1, 0.15) is 36.0 Å². The maximum atomic E-state index is 11.8. The van der Waals surface area contributed by atoms with E-state index in [0.717, 1.165) is 37.1 Å². The van der Waals surface area contributed by atoms with Crippen molar-refractivity contribution in [2.24, 2.45) is 11.5 Å². The van der Waals surface area contributed by atoms with E-state index in [0.29, 0.717) is 11.8 Å². The predicted octanol–water partition coefficient (Wildman–Crippen LogP) is 1.58. The summed E-state index contributed by atoms with van der Waals surface area (Å²) in [6, 6.07) is 7.63. The Morgan fingerprint density at radius 2 is 1.97 bits per heavy atom. The molecule has 10 nitrogen and oxygen atoms in total. The zero-order valence-corrected chi connectivity index (χ0v) is 15.8. The first-order valence-electron chi connectivity index (χ1n) is 9.51. The van der Waals surface area contributed by atoms with Gasteiger partial charge >= 0.3 is 0 Å². The standard InChI is InChI=1S/C19H23N9O/c20-15-3-1-2-4-16(15)26-19-23-9-14(17(21)29)18(27-19)25-12-5-7-13(8-6-12)28-11-22-10-24-28/h5-11,15-16H,1-4,20H2,(H2,21,29)(H2,23,25,26,27)/t15-,16+/m0/s1. The normalized spacial score (nSPS) is 18.9. The molecule has 1 fully saturated rings. The molecule has 6 N–H and O–H groups in total. The molecule has 4 rings (SSSR count). The molecule has 3 aromatic rings. The van der Waals surface area contributed by atoms with Crippen LogP contribution in [0.5, 0.6) is 0 Å². The molecule has 0 radical (unpaired) electrons. The van der Waals surface area contributed by atoms with Crippen LogP contribution in [-0.2, 0) is 0 Å². The van der Waals surface area contributed by atoms with Gasteiger partial charge in [-0.05, 0) is 37.1 Å². The molecule has 0 bridgehead atoms. The van der Waals surface area contributed by atoms with Gasteiger partial charge in [-0.15, -0.1) is 0 Å². The number of rotatable bonds is 6. The Balaban J connectivity index is 1.55. The number of hydrogen-bond donors (Lipinski definition) is 4. The lowest BCUT2D eigenvalue weighted by Crippen LogP contribution is -2.43. The lowest BCUT2D eigenvalue weighted by Gasteiger charge is -2.29. The second kappa shape index (κ2) is 8.23. The molecule has 1 aliphatic rings. The van der Waals surface area contributed by atoms with Crippen LogP contribution in [0.2, 0.25) is 0 Å². The first-order chi connectivity index (χ1) is 14.1. The number of carbonyl (C=O) groups excluding carboxylic acids is 1. The number of amides is 1. The fourth-order valence-corrected chi connectivity index (χ4v) is 3.41. The summed E-state index contributed by atoms with van der Waals surface area (Å²) in [6.07, 6.45) is 8.71. The van der Waals surface area contributed by atoms with E-state index in [-0.39, 0.29) is 17.6 Å². The number of nitrogens with zero attached hydrogens (tertiary/aromatic N) is 5. The minimum absolute atomic E-state index is 0.0592. The molecule has 2 heterocycles. The highest BCUT2D eigenvalue weighted by Crippen LogP contribution is 2.23. The van der Waals surface area contributed by atoms with Crippen molar-refractivity contribution in [2.45, 2.75) is 37.8 Å². The minimum Gasteiger partial charge on any atom is -0.365 e. The summed E-state index contributed by atoms with van der Waals surface area (Å²) in [5, 5.41) is 10.5. The summed E-state index contributed by atoms with van der Waals surface area (Å²) < 4.78 is 1.65. The molecule has 1 saturated carbocycles. The third kappa shape index (κ3) is 4.32. The Bertz CT molecular complexity index is 972. The Morgan fingerprint density at radius 1 is 1.17 bits per heavy atom. The van der Waals surface area contributed by atoms with Gasteiger partial charge in [0.05, 0.1) is 5.69 Å². The number of nitrogens with one attached hydrogen (secondary N) is 2. The number of nitrogens with two attached hydrogens (primary N) is 2. The Kier molecular flexibility index (Phi) is 5.34. The molecular formula is C19H23N9O. The molecule has 1 aromatic carbocycles. The van der Waals surface area contributed by atoms with Gasteiger partial charge in [0.1, 0.15) is 24.0 Å². The van der Waals surface area contributed by atoms with E-state index in [1.165, 1.54) is 12.5 Å². The lowest BCUT2D eigenvalue weighted by molar-refractivity contribution is 0.100. The summed E-state index contributed by atoms with van der Waals surface area (Å²) in [4.78, 5) is 24.5. The number of aromatic nitrogens is 5. The molecular weight excluding hydrogens is 370 g/mol. The maximum absolute atomic E-state index is 11.8. The number of carbonyl (C=O) groups is 1. The van der Waals surface area contributed by atoms with Crippen molar-refractivity contribution in [1.82, 2.24) is 24.7 Å². The van der Waals surface area contributed by atoms with E-state index in [1.54, 1.807) is 11.0 Å². The molecule has 1 aliphatic carbocycles. The van der Waals surface area contributed by atoms with E-state index in [4.69, 9.17) is 11.5 Å². The third-order valence-electron chi connectivity index (χ3n) is 5.00. The Morgan fingerprint density at radius 3 is 2.66 bits per heavy atom. The van der Waals surface area contributed by atoms with Crippen LogP contribution in [-0.4, -0.2) is 42.7 Å². The molecule has 10 heteroatoms. The average Bonchev–Trinajstić information content (AvgIpc) is 3.25. The average molecular weight is 393 g/mol. The van der Waals surface area contributed by atoms with Gasteiger partial charge < -0.3 is 22.1 Å². The second-order valence-corrected chi connectivity index (χ2v) is 7.03. The molecule has 29 heavy (non-hydrogen) atoms. The smallest absolute Gasteiger partial charge is 0.254 e. The fraction of sp³-hybridized carbons (Fsp3) is 0.316. The van der Waals surface area contributed by atoms with Crippen LogP contribution in [0.4, 0.5) is 17.5 Å². The quantitative estimate of drug-likeness (QED) is 0.493. The van der Waals surface area contributed by atoms with Crippen LogP contribution in [0.3, 0.4) is 0 Å². The number of anilines is 3. The van der Waals surface area contributed by atoms with Crippen molar-refractivity contribution in [3.05, 3.63) is 48.7 Å². The summed E-state index contributed by atoms with van der Waals surface area (Å²) in [5.41, 5.74) is 13.5.